The lowest BCUT2D eigenvalue weighted by Gasteiger charge is -2.06. The molecule has 1 N–H and O–H groups in total. The number of rotatable bonds is 3. The number of nitrogens with one attached hydrogen (secondary N) is 1. The first-order chi connectivity index (χ1) is 10.1. The molecule has 0 radical (unpaired) electrons. The second-order valence-corrected chi connectivity index (χ2v) is 5.45. The van der Waals surface area contributed by atoms with Crippen LogP contribution in [0, 0.1) is 11.3 Å². The highest BCUT2D eigenvalue weighted by Crippen LogP contribution is 2.22. The fraction of sp³-hybridized carbons (Fsp3) is 0. The lowest BCUT2D eigenvalue weighted by molar-refractivity contribution is -0.112. The number of anilines is 1. The Labute approximate surface area is 136 Å². The van der Waals surface area contributed by atoms with E-state index in [0.29, 0.717) is 10.7 Å². The van der Waals surface area contributed by atoms with Crippen LogP contribution in [0.2, 0.25) is 5.02 Å². The van der Waals surface area contributed by atoms with E-state index in [1.54, 1.807) is 36.4 Å². The van der Waals surface area contributed by atoms with Crippen molar-refractivity contribution in [3.05, 3.63) is 69.2 Å². The monoisotopic (exact) mass is 360 g/mol. The SMILES string of the molecule is N#C/C(=C\c1ccc(Cl)cc1)C(=O)Nc1ccccc1Br. The molecule has 0 atom stereocenters. The van der Waals surface area contributed by atoms with E-state index in [0.717, 1.165) is 10.0 Å². The van der Waals surface area contributed by atoms with Crippen LogP contribution in [0.5, 0.6) is 0 Å². The van der Waals surface area contributed by atoms with Gasteiger partial charge in [0.05, 0.1) is 5.69 Å². The van der Waals surface area contributed by atoms with Gasteiger partial charge >= 0.3 is 0 Å². The molecule has 21 heavy (non-hydrogen) atoms. The zero-order chi connectivity index (χ0) is 15.2. The van der Waals surface area contributed by atoms with E-state index < -0.39 is 5.91 Å². The van der Waals surface area contributed by atoms with Gasteiger partial charge in [-0.05, 0) is 51.8 Å². The Morgan fingerprint density at radius 2 is 1.86 bits per heavy atom. The standard InChI is InChI=1S/C16H10BrClN2O/c17-14-3-1-2-4-15(14)20-16(21)12(10-19)9-11-5-7-13(18)8-6-11/h1-9H,(H,20,21)/b12-9+. The minimum atomic E-state index is -0.459. The van der Waals surface area contributed by atoms with Crippen molar-refractivity contribution in [3.8, 4) is 6.07 Å². The molecule has 0 unspecified atom stereocenters. The van der Waals surface area contributed by atoms with Crippen molar-refractivity contribution in [1.29, 1.82) is 5.26 Å². The third-order valence-electron chi connectivity index (χ3n) is 2.67. The van der Waals surface area contributed by atoms with Crippen molar-refractivity contribution < 1.29 is 4.79 Å². The quantitative estimate of drug-likeness (QED) is 0.639. The second kappa shape index (κ2) is 7.07. The molecule has 104 valence electrons. The summed E-state index contributed by atoms with van der Waals surface area (Å²) in [7, 11) is 0. The highest BCUT2D eigenvalue weighted by molar-refractivity contribution is 9.10. The van der Waals surface area contributed by atoms with E-state index in [2.05, 4.69) is 21.2 Å². The molecule has 0 saturated heterocycles. The number of para-hydroxylation sites is 1. The molecule has 0 aliphatic heterocycles. The number of carbonyl (C=O) groups excluding carboxylic acids is 1. The van der Waals surface area contributed by atoms with Gasteiger partial charge in [-0.15, -0.1) is 0 Å². The summed E-state index contributed by atoms with van der Waals surface area (Å²) in [6.07, 6.45) is 1.52. The molecule has 1 amide bonds. The van der Waals surface area contributed by atoms with Gasteiger partial charge in [0.1, 0.15) is 11.6 Å². The summed E-state index contributed by atoms with van der Waals surface area (Å²) >= 11 is 9.14. The van der Waals surface area contributed by atoms with Crippen LogP contribution in [0.15, 0.2) is 58.6 Å². The lowest BCUT2D eigenvalue weighted by atomic mass is 10.1. The van der Waals surface area contributed by atoms with Crippen molar-refractivity contribution in [2.24, 2.45) is 0 Å². The van der Waals surface area contributed by atoms with Gasteiger partial charge in [0, 0.05) is 9.50 Å². The molecule has 5 heteroatoms. The molecular weight excluding hydrogens is 352 g/mol. The summed E-state index contributed by atoms with van der Waals surface area (Å²) in [4.78, 5) is 12.1. The summed E-state index contributed by atoms with van der Waals surface area (Å²) in [5.41, 5.74) is 1.37. The van der Waals surface area contributed by atoms with Gasteiger partial charge < -0.3 is 5.32 Å². The fourth-order valence-electron chi connectivity index (χ4n) is 1.63. The van der Waals surface area contributed by atoms with E-state index in [1.165, 1.54) is 6.08 Å². The number of amides is 1. The van der Waals surface area contributed by atoms with Crippen molar-refractivity contribution in [1.82, 2.24) is 0 Å². The molecule has 2 aromatic carbocycles. The summed E-state index contributed by atoms with van der Waals surface area (Å²) < 4.78 is 0.752. The van der Waals surface area contributed by atoms with Gasteiger partial charge in [-0.1, -0.05) is 35.9 Å². The molecule has 2 aromatic rings. The maximum atomic E-state index is 12.1. The third-order valence-corrected chi connectivity index (χ3v) is 3.61. The molecule has 0 bridgehead atoms. The molecule has 0 spiro atoms. The van der Waals surface area contributed by atoms with Gasteiger partial charge in [-0.25, -0.2) is 0 Å². The Kier molecular flexibility index (Phi) is 5.15. The summed E-state index contributed by atoms with van der Waals surface area (Å²) in [5, 5.41) is 12.4. The molecule has 0 aliphatic rings. The van der Waals surface area contributed by atoms with Crippen LogP contribution in [0.1, 0.15) is 5.56 Å². The minimum Gasteiger partial charge on any atom is -0.320 e. The molecular formula is C16H10BrClN2O. The van der Waals surface area contributed by atoms with Gasteiger partial charge in [-0.2, -0.15) is 5.26 Å². The molecule has 0 heterocycles. The average Bonchev–Trinajstić information content (AvgIpc) is 2.49. The van der Waals surface area contributed by atoms with Crippen LogP contribution in [0.4, 0.5) is 5.69 Å². The topological polar surface area (TPSA) is 52.9 Å². The highest BCUT2D eigenvalue weighted by Gasteiger charge is 2.10. The van der Waals surface area contributed by atoms with Gasteiger partial charge in [0.15, 0.2) is 0 Å². The molecule has 0 fully saturated rings. The normalized spacial score (nSPS) is 10.8. The number of halogens is 2. The average molecular weight is 362 g/mol. The summed E-state index contributed by atoms with van der Waals surface area (Å²) in [6, 6.07) is 16.0. The van der Waals surface area contributed by atoms with E-state index in [4.69, 9.17) is 16.9 Å². The van der Waals surface area contributed by atoms with E-state index in [1.807, 2.05) is 18.2 Å². The number of hydrogen-bond donors (Lipinski definition) is 1. The van der Waals surface area contributed by atoms with Crippen molar-refractivity contribution in [2.45, 2.75) is 0 Å². The van der Waals surface area contributed by atoms with Gasteiger partial charge in [0.2, 0.25) is 0 Å². The van der Waals surface area contributed by atoms with Crippen molar-refractivity contribution in [2.75, 3.05) is 5.32 Å². The number of nitriles is 1. The predicted octanol–water partition coefficient (Wildman–Crippen LogP) is 4.65. The number of benzene rings is 2. The largest absolute Gasteiger partial charge is 0.320 e. The first kappa shape index (κ1) is 15.3. The fourth-order valence-corrected chi connectivity index (χ4v) is 2.14. The van der Waals surface area contributed by atoms with Crippen LogP contribution in [0.25, 0.3) is 6.08 Å². The maximum Gasteiger partial charge on any atom is 0.266 e. The van der Waals surface area contributed by atoms with Crippen LogP contribution in [-0.2, 0) is 4.79 Å². The Bertz CT molecular complexity index is 733. The first-order valence-electron chi connectivity index (χ1n) is 6.03. The van der Waals surface area contributed by atoms with E-state index in [9.17, 15) is 4.79 Å². The zero-order valence-electron chi connectivity index (χ0n) is 10.8. The Morgan fingerprint density at radius 3 is 2.48 bits per heavy atom. The van der Waals surface area contributed by atoms with Gasteiger partial charge in [-0.3, -0.25) is 4.79 Å². The summed E-state index contributed by atoms with van der Waals surface area (Å²) in [6.45, 7) is 0. The lowest BCUT2D eigenvalue weighted by Crippen LogP contribution is -2.13. The summed E-state index contributed by atoms with van der Waals surface area (Å²) in [5.74, 6) is -0.459. The zero-order valence-corrected chi connectivity index (χ0v) is 13.1. The Morgan fingerprint density at radius 1 is 1.19 bits per heavy atom. The Balaban J connectivity index is 2.21. The van der Waals surface area contributed by atoms with Gasteiger partial charge in [0.25, 0.3) is 5.91 Å². The predicted molar refractivity (Wildman–Crippen MR) is 87.8 cm³/mol. The smallest absolute Gasteiger partial charge is 0.266 e. The van der Waals surface area contributed by atoms with Crippen LogP contribution in [0.3, 0.4) is 0 Å². The molecule has 0 aromatic heterocycles. The minimum absolute atomic E-state index is 0.0214. The number of nitrogens with zero attached hydrogens (tertiary/aromatic N) is 1. The van der Waals surface area contributed by atoms with Crippen molar-refractivity contribution in [3.63, 3.8) is 0 Å². The number of hydrogen-bond acceptors (Lipinski definition) is 2. The van der Waals surface area contributed by atoms with E-state index in [-0.39, 0.29) is 5.57 Å². The molecule has 3 nitrogen and oxygen atoms in total. The van der Waals surface area contributed by atoms with E-state index >= 15 is 0 Å². The van der Waals surface area contributed by atoms with Crippen LogP contribution >= 0.6 is 27.5 Å². The van der Waals surface area contributed by atoms with Crippen LogP contribution in [-0.4, -0.2) is 5.91 Å². The van der Waals surface area contributed by atoms with Crippen LogP contribution < -0.4 is 5.32 Å². The third kappa shape index (κ3) is 4.19. The molecule has 2 rings (SSSR count). The van der Waals surface area contributed by atoms with Crippen molar-refractivity contribution >= 4 is 45.2 Å². The Hall–Kier alpha value is -2.09. The molecule has 0 aliphatic carbocycles. The highest BCUT2D eigenvalue weighted by atomic mass is 79.9. The first-order valence-corrected chi connectivity index (χ1v) is 7.20. The second-order valence-electron chi connectivity index (χ2n) is 4.16. The molecule has 0 saturated carbocycles. The number of carbonyl (C=O) groups is 1. The maximum absolute atomic E-state index is 12.1.